The normalized spacial score (nSPS) is 17.0. The Morgan fingerprint density at radius 3 is 2.79 bits per heavy atom. The van der Waals surface area contributed by atoms with Gasteiger partial charge in [0, 0.05) is 0 Å². The second-order valence-electron chi connectivity index (χ2n) is 5.14. The number of carbonyl (C=O) groups is 2. The molecule has 1 aromatic carbocycles. The van der Waals surface area contributed by atoms with Crippen molar-refractivity contribution in [2.75, 3.05) is 6.61 Å². The number of aliphatic hydroxyl groups excluding tert-OH is 1. The van der Waals surface area contributed by atoms with Gasteiger partial charge in [-0.1, -0.05) is 12.1 Å². The minimum atomic E-state index is -0.799. The van der Waals surface area contributed by atoms with Gasteiger partial charge >= 0.3 is 0 Å². The van der Waals surface area contributed by atoms with Gasteiger partial charge in [-0.15, -0.1) is 11.3 Å². The van der Waals surface area contributed by atoms with E-state index in [1.165, 1.54) is 17.4 Å². The van der Waals surface area contributed by atoms with Crippen LogP contribution in [-0.4, -0.2) is 28.5 Å². The summed E-state index contributed by atoms with van der Waals surface area (Å²) in [5.41, 5.74) is 0.532. The van der Waals surface area contributed by atoms with Gasteiger partial charge in [0.1, 0.15) is 0 Å². The van der Waals surface area contributed by atoms with Crippen molar-refractivity contribution in [1.29, 1.82) is 0 Å². The summed E-state index contributed by atoms with van der Waals surface area (Å²) < 4.78 is 5.33. The number of nitrogens with one attached hydrogen (secondary N) is 1. The number of aromatic hydroxyl groups is 1. The molecule has 1 aliphatic rings. The Labute approximate surface area is 142 Å². The zero-order valence-electron chi connectivity index (χ0n) is 12.8. The van der Waals surface area contributed by atoms with Crippen LogP contribution in [0.2, 0.25) is 0 Å². The van der Waals surface area contributed by atoms with Crippen molar-refractivity contribution in [3.63, 3.8) is 0 Å². The third-order valence-corrected chi connectivity index (χ3v) is 4.51. The highest BCUT2D eigenvalue weighted by Gasteiger charge is 2.38. The number of hydrogen-bond acceptors (Lipinski definition) is 6. The van der Waals surface area contributed by atoms with Crippen molar-refractivity contribution in [3.8, 4) is 11.5 Å². The molecule has 3 N–H and O–H groups in total. The molecule has 1 aliphatic heterocycles. The highest BCUT2D eigenvalue weighted by atomic mass is 32.1. The number of phenols is 1. The fraction of sp³-hybridized carbons (Fsp3) is 0.176. The predicted octanol–water partition coefficient (Wildman–Crippen LogP) is 2.72. The first-order chi connectivity index (χ1) is 11.5. The topological polar surface area (TPSA) is 95.9 Å². The average Bonchev–Trinajstić information content (AvgIpc) is 3.19. The number of rotatable bonds is 5. The molecule has 2 aromatic rings. The largest absolute Gasteiger partial charge is 0.504 e. The minimum Gasteiger partial charge on any atom is -0.504 e. The Balaban J connectivity index is 2.03. The van der Waals surface area contributed by atoms with Gasteiger partial charge < -0.3 is 20.3 Å². The molecule has 0 fully saturated rings. The van der Waals surface area contributed by atoms with E-state index in [9.17, 15) is 19.8 Å². The molecule has 3 rings (SSSR count). The molecule has 1 aromatic heterocycles. The fourth-order valence-electron chi connectivity index (χ4n) is 2.54. The summed E-state index contributed by atoms with van der Waals surface area (Å²) >= 11 is 1.23. The number of benzene rings is 1. The van der Waals surface area contributed by atoms with Gasteiger partial charge in [-0.2, -0.15) is 0 Å². The van der Waals surface area contributed by atoms with E-state index in [1.807, 2.05) is 0 Å². The molecule has 0 radical (unpaired) electrons. The standard InChI is InChI=1S/C17H15NO5S/c1-2-23-11-8-9(5-6-10(11)19)14-13(16(21)17(22)18-14)15(20)12-4-3-7-24-12/h3-8,14,19,21H,2H2,1H3,(H,18,22)/t14-/m1/s1. The van der Waals surface area contributed by atoms with Gasteiger partial charge in [-0.3, -0.25) is 9.59 Å². The number of thiophene rings is 1. The first-order valence-electron chi connectivity index (χ1n) is 7.30. The van der Waals surface area contributed by atoms with Gasteiger partial charge in [0.2, 0.25) is 5.78 Å². The lowest BCUT2D eigenvalue weighted by atomic mass is 9.96. The zero-order chi connectivity index (χ0) is 17.3. The van der Waals surface area contributed by atoms with Crippen molar-refractivity contribution < 1.29 is 24.5 Å². The highest BCUT2D eigenvalue weighted by Crippen LogP contribution is 2.36. The maximum absolute atomic E-state index is 12.6. The maximum atomic E-state index is 12.6. The number of aliphatic hydroxyl groups is 1. The molecule has 0 unspecified atom stereocenters. The van der Waals surface area contributed by atoms with Crippen molar-refractivity contribution in [1.82, 2.24) is 5.32 Å². The van der Waals surface area contributed by atoms with E-state index in [-0.39, 0.29) is 17.1 Å². The van der Waals surface area contributed by atoms with Gasteiger partial charge in [0.05, 0.1) is 23.1 Å². The highest BCUT2D eigenvalue weighted by molar-refractivity contribution is 7.12. The summed E-state index contributed by atoms with van der Waals surface area (Å²) in [6, 6.07) is 7.10. The fourth-order valence-corrected chi connectivity index (χ4v) is 3.22. The molecule has 124 valence electrons. The molecule has 0 saturated carbocycles. The average molecular weight is 345 g/mol. The van der Waals surface area contributed by atoms with Crippen LogP contribution in [0.25, 0.3) is 0 Å². The Kier molecular flexibility index (Phi) is 4.26. The molecule has 1 amide bonds. The van der Waals surface area contributed by atoms with Crippen LogP contribution in [0.1, 0.15) is 28.2 Å². The molecule has 2 heterocycles. The van der Waals surface area contributed by atoms with Crippen LogP contribution in [0.3, 0.4) is 0 Å². The van der Waals surface area contributed by atoms with Gasteiger partial charge in [0.15, 0.2) is 17.3 Å². The van der Waals surface area contributed by atoms with E-state index >= 15 is 0 Å². The van der Waals surface area contributed by atoms with E-state index in [4.69, 9.17) is 4.74 Å². The number of hydrogen-bond donors (Lipinski definition) is 3. The van der Waals surface area contributed by atoms with E-state index in [2.05, 4.69) is 5.32 Å². The van der Waals surface area contributed by atoms with E-state index in [0.717, 1.165) is 0 Å². The second kappa shape index (κ2) is 6.37. The Bertz CT molecular complexity index is 826. The number of phenolic OH excluding ortho intramolecular Hbond substituents is 1. The summed E-state index contributed by atoms with van der Waals surface area (Å²) in [7, 11) is 0. The van der Waals surface area contributed by atoms with Crippen molar-refractivity contribution in [2.24, 2.45) is 0 Å². The second-order valence-corrected chi connectivity index (χ2v) is 6.08. The van der Waals surface area contributed by atoms with E-state index in [1.54, 1.807) is 36.6 Å². The van der Waals surface area contributed by atoms with Crippen LogP contribution in [0.4, 0.5) is 0 Å². The van der Waals surface area contributed by atoms with Crippen molar-refractivity contribution >= 4 is 23.0 Å². The van der Waals surface area contributed by atoms with Crippen LogP contribution in [0.5, 0.6) is 11.5 Å². The van der Waals surface area contributed by atoms with Crippen LogP contribution >= 0.6 is 11.3 Å². The molecule has 0 spiro atoms. The molecule has 0 aliphatic carbocycles. The summed E-state index contributed by atoms with van der Waals surface area (Å²) in [4.78, 5) is 24.9. The summed E-state index contributed by atoms with van der Waals surface area (Å²) in [5, 5.41) is 24.2. The van der Waals surface area contributed by atoms with Crippen LogP contribution in [0.15, 0.2) is 47.0 Å². The van der Waals surface area contributed by atoms with Crippen LogP contribution in [0, 0.1) is 0 Å². The SMILES string of the molecule is CCOc1cc([C@H]2NC(=O)C(O)=C2C(=O)c2cccs2)ccc1O. The first kappa shape index (κ1) is 16.1. The molecule has 0 bridgehead atoms. The van der Waals surface area contributed by atoms with Crippen LogP contribution in [-0.2, 0) is 4.79 Å². The molecular weight excluding hydrogens is 330 g/mol. The van der Waals surface area contributed by atoms with Crippen molar-refractivity contribution in [3.05, 3.63) is 57.5 Å². The zero-order valence-corrected chi connectivity index (χ0v) is 13.6. The lowest BCUT2D eigenvalue weighted by Crippen LogP contribution is -2.23. The number of ketones is 1. The predicted molar refractivity (Wildman–Crippen MR) is 88.5 cm³/mol. The number of carbonyl (C=O) groups excluding carboxylic acids is 2. The third-order valence-electron chi connectivity index (χ3n) is 3.64. The lowest BCUT2D eigenvalue weighted by Gasteiger charge is -2.16. The van der Waals surface area contributed by atoms with E-state index in [0.29, 0.717) is 17.0 Å². The number of ether oxygens (including phenoxy) is 1. The Morgan fingerprint density at radius 1 is 1.33 bits per heavy atom. The number of Topliss-reactive ketones (excluding diaryl/α,β-unsaturated/α-hetero) is 1. The lowest BCUT2D eigenvalue weighted by molar-refractivity contribution is -0.119. The first-order valence-corrected chi connectivity index (χ1v) is 8.18. The van der Waals surface area contributed by atoms with Crippen LogP contribution < -0.4 is 10.1 Å². The molecule has 0 saturated heterocycles. The Hall–Kier alpha value is -2.80. The molecule has 24 heavy (non-hydrogen) atoms. The minimum absolute atomic E-state index is 0.00408. The van der Waals surface area contributed by atoms with Gasteiger partial charge in [-0.05, 0) is 36.1 Å². The third kappa shape index (κ3) is 2.74. The maximum Gasteiger partial charge on any atom is 0.287 e. The van der Waals surface area contributed by atoms with Crippen molar-refractivity contribution in [2.45, 2.75) is 13.0 Å². The summed E-state index contributed by atoms with van der Waals surface area (Å²) in [5.74, 6) is -1.48. The smallest absolute Gasteiger partial charge is 0.287 e. The Morgan fingerprint density at radius 2 is 2.12 bits per heavy atom. The molecule has 6 nitrogen and oxygen atoms in total. The number of amides is 1. The monoisotopic (exact) mass is 345 g/mol. The van der Waals surface area contributed by atoms with Gasteiger partial charge in [0.25, 0.3) is 5.91 Å². The molecule has 1 atom stereocenters. The molecular formula is C17H15NO5S. The summed E-state index contributed by atoms with van der Waals surface area (Å²) in [6.07, 6.45) is 0. The van der Waals surface area contributed by atoms with Gasteiger partial charge in [-0.25, -0.2) is 0 Å². The quantitative estimate of drug-likeness (QED) is 0.724. The molecule has 7 heteroatoms. The summed E-state index contributed by atoms with van der Waals surface area (Å²) in [6.45, 7) is 2.14. The van der Waals surface area contributed by atoms with E-state index < -0.39 is 23.5 Å².